The van der Waals surface area contributed by atoms with Gasteiger partial charge in [-0.3, -0.25) is 0 Å². The van der Waals surface area contributed by atoms with Gasteiger partial charge in [0.25, 0.3) is 0 Å². The SMILES string of the molecule is COC1C(OC(=O)c2ccccc2)CCC2(CO2)C1C1(C)OC1Cc1ccccc1. The highest BCUT2D eigenvalue weighted by Gasteiger charge is 2.72. The minimum absolute atomic E-state index is 0.0195. The molecule has 0 amide bonds. The van der Waals surface area contributed by atoms with Crippen molar-refractivity contribution in [2.24, 2.45) is 5.92 Å². The Morgan fingerprint density at radius 3 is 2.40 bits per heavy atom. The second-order valence-electron chi connectivity index (χ2n) is 8.86. The van der Waals surface area contributed by atoms with Crippen molar-refractivity contribution >= 4 is 5.97 Å². The largest absolute Gasteiger partial charge is 0.456 e. The molecule has 0 aromatic heterocycles. The van der Waals surface area contributed by atoms with Gasteiger partial charge in [-0.15, -0.1) is 0 Å². The van der Waals surface area contributed by atoms with Gasteiger partial charge in [0.15, 0.2) is 0 Å². The maximum Gasteiger partial charge on any atom is 0.338 e. The van der Waals surface area contributed by atoms with E-state index in [9.17, 15) is 4.79 Å². The van der Waals surface area contributed by atoms with E-state index >= 15 is 0 Å². The van der Waals surface area contributed by atoms with Gasteiger partial charge in [0.1, 0.15) is 23.4 Å². The second kappa shape index (κ2) is 7.49. The van der Waals surface area contributed by atoms with Gasteiger partial charge < -0.3 is 18.9 Å². The Bertz CT molecular complexity index is 894. The smallest absolute Gasteiger partial charge is 0.338 e. The number of carbonyl (C=O) groups excluding carboxylic acids is 1. The van der Waals surface area contributed by atoms with Crippen LogP contribution < -0.4 is 0 Å². The van der Waals surface area contributed by atoms with E-state index in [1.54, 1.807) is 19.2 Å². The van der Waals surface area contributed by atoms with E-state index < -0.39 is 0 Å². The van der Waals surface area contributed by atoms with Crippen LogP contribution in [0.1, 0.15) is 35.7 Å². The Balaban J connectivity index is 1.35. The van der Waals surface area contributed by atoms with Gasteiger partial charge in [-0.25, -0.2) is 4.79 Å². The topological polar surface area (TPSA) is 60.6 Å². The molecule has 6 atom stereocenters. The molecule has 2 aromatic carbocycles. The molecule has 2 aliphatic heterocycles. The van der Waals surface area contributed by atoms with Crippen LogP contribution in [0.3, 0.4) is 0 Å². The number of ether oxygens (including phenoxy) is 4. The molecule has 0 radical (unpaired) electrons. The van der Waals surface area contributed by atoms with Crippen molar-refractivity contribution < 1.29 is 23.7 Å². The standard InChI is InChI=1S/C25H28O5/c1-24(20(30-24)15-17-9-5-3-6-10-17)22-21(27-2)19(13-14-25(22)16-28-25)29-23(26)18-11-7-4-8-12-18/h3-12,19-22H,13-16H2,1-2H3. The first-order chi connectivity index (χ1) is 14.6. The molecule has 30 heavy (non-hydrogen) atoms. The molecule has 3 aliphatic rings. The lowest BCUT2D eigenvalue weighted by Gasteiger charge is -2.42. The summed E-state index contributed by atoms with van der Waals surface area (Å²) in [4.78, 5) is 12.7. The van der Waals surface area contributed by atoms with Gasteiger partial charge in [0.2, 0.25) is 0 Å². The van der Waals surface area contributed by atoms with E-state index in [2.05, 4.69) is 31.2 Å². The van der Waals surface area contributed by atoms with Crippen molar-refractivity contribution in [1.29, 1.82) is 0 Å². The number of methoxy groups -OCH3 is 1. The highest BCUT2D eigenvalue weighted by atomic mass is 16.6. The van der Waals surface area contributed by atoms with Gasteiger partial charge in [-0.05, 0) is 37.5 Å². The molecule has 3 fully saturated rings. The summed E-state index contributed by atoms with van der Waals surface area (Å²) in [6, 6.07) is 19.5. The van der Waals surface area contributed by atoms with E-state index in [0.717, 1.165) is 19.3 Å². The average molecular weight is 408 g/mol. The first kappa shape index (κ1) is 19.7. The third kappa shape index (κ3) is 3.45. The van der Waals surface area contributed by atoms with Gasteiger partial charge in [0.05, 0.1) is 24.2 Å². The number of epoxide rings is 2. The van der Waals surface area contributed by atoms with E-state index in [-0.39, 0.29) is 41.4 Å². The predicted molar refractivity (Wildman–Crippen MR) is 111 cm³/mol. The molecule has 1 aliphatic carbocycles. The number of hydrogen-bond donors (Lipinski definition) is 0. The van der Waals surface area contributed by atoms with E-state index in [4.69, 9.17) is 18.9 Å². The van der Waals surface area contributed by atoms with Crippen molar-refractivity contribution in [2.75, 3.05) is 13.7 Å². The van der Waals surface area contributed by atoms with Crippen molar-refractivity contribution in [2.45, 2.75) is 55.7 Å². The molecular weight excluding hydrogens is 380 g/mol. The summed E-state index contributed by atoms with van der Waals surface area (Å²) in [7, 11) is 1.69. The molecular formula is C25H28O5. The van der Waals surface area contributed by atoms with Gasteiger partial charge in [-0.1, -0.05) is 48.5 Å². The summed E-state index contributed by atoms with van der Waals surface area (Å²) in [6.07, 6.45) is 1.95. The third-order valence-electron chi connectivity index (χ3n) is 7.03. The quantitative estimate of drug-likeness (QED) is 0.537. The van der Waals surface area contributed by atoms with Crippen LogP contribution >= 0.6 is 0 Å². The first-order valence-corrected chi connectivity index (χ1v) is 10.7. The van der Waals surface area contributed by atoms with E-state index in [1.807, 2.05) is 24.3 Å². The minimum atomic E-state index is -0.356. The van der Waals surface area contributed by atoms with Crippen molar-refractivity contribution in [3.05, 3.63) is 71.8 Å². The van der Waals surface area contributed by atoms with Crippen LogP contribution in [0.5, 0.6) is 0 Å². The maximum atomic E-state index is 12.7. The van der Waals surface area contributed by atoms with Crippen molar-refractivity contribution in [1.82, 2.24) is 0 Å². The molecule has 1 spiro atoms. The van der Waals surface area contributed by atoms with Crippen LogP contribution in [0, 0.1) is 5.92 Å². The van der Waals surface area contributed by atoms with Crippen molar-refractivity contribution in [3.8, 4) is 0 Å². The predicted octanol–water partition coefficient (Wildman–Crippen LogP) is 3.81. The van der Waals surface area contributed by atoms with Crippen LogP contribution in [0.4, 0.5) is 0 Å². The van der Waals surface area contributed by atoms with Gasteiger partial charge >= 0.3 is 5.97 Å². The van der Waals surface area contributed by atoms with Crippen LogP contribution in [-0.2, 0) is 25.4 Å². The number of hydrogen-bond acceptors (Lipinski definition) is 5. The molecule has 5 rings (SSSR count). The number of benzene rings is 2. The summed E-state index contributed by atoms with van der Waals surface area (Å²) in [6.45, 7) is 2.87. The van der Waals surface area contributed by atoms with Crippen LogP contribution in [0.25, 0.3) is 0 Å². The molecule has 2 heterocycles. The lowest BCUT2D eigenvalue weighted by Crippen LogP contribution is -2.55. The summed E-state index contributed by atoms with van der Waals surface area (Å²) < 4.78 is 24.2. The molecule has 5 heteroatoms. The third-order valence-corrected chi connectivity index (χ3v) is 7.03. The molecule has 2 saturated heterocycles. The van der Waals surface area contributed by atoms with Gasteiger partial charge in [-0.2, -0.15) is 0 Å². The second-order valence-corrected chi connectivity index (χ2v) is 8.86. The summed E-state index contributed by atoms with van der Waals surface area (Å²) in [5, 5.41) is 0. The van der Waals surface area contributed by atoms with Crippen LogP contribution in [-0.4, -0.2) is 49.2 Å². The highest BCUT2D eigenvalue weighted by Crippen LogP contribution is 2.59. The Morgan fingerprint density at radius 1 is 1.10 bits per heavy atom. The summed E-state index contributed by atoms with van der Waals surface area (Å²) >= 11 is 0. The maximum absolute atomic E-state index is 12.7. The number of esters is 1. The van der Waals surface area contributed by atoms with Crippen molar-refractivity contribution in [3.63, 3.8) is 0 Å². The normalized spacial score (nSPS) is 37.0. The summed E-state index contributed by atoms with van der Waals surface area (Å²) in [5.74, 6) is -0.289. The fourth-order valence-electron chi connectivity index (χ4n) is 5.30. The lowest BCUT2D eigenvalue weighted by molar-refractivity contribution is -0.120. The fourth-order valence-corrected chi connectivity index (χ4v) is 5.30. The zero-order valence-corrected chi connectivity index (χ0v) is 17.5. The molecule has 5 nitrogen and oxygen atoms in total. The van der Waals surface area contributed by atoms with Gasteiger partial charge in [0, 0.05) is 13.5 Å². The fraction of sp³-hybridized carbons (Fsp3) is 0.480. The Hall–Kier alpha value is -2.21. The molecule has 0 bridgehead atoms. The highest BCUT2D eigenvalue weighted by molar-refractivity contribution is 5.89. The van der Waals surface area contributed by atoms with Crippen LogP contribution in [0.2, 0.25) is 0 Å². The average Bonchev–Trinajstić information content (AvgIpc) is 3.68. The Labute approximate surface area is 177 Å². The van der Waals surface area contributed by atoms with Crippen LogP contribution in [0.15, 0.2) is 60.7 Å². The minimum Gasteiger partial charge on any atom is -0.456 e. The van der Waals surface area contributed by atoms with E-state index in [0.29, 0.717) is 12.2 Å². The monoisotopic (exact) mass is 408 g/mol. The van der Waals surface area contributed by atoms with E-state index in [1.165, 1.54) is 5.56 Å². The zero-order valence-electron chi connectivity index (χ0n) is 17.5. The lowest BCUT2D eigenvalue weighted by atomic mass is 9.68. The molecule has 0 N–H and O–H groups in total. The summed E-state index contributed by atoms with van der Waals surface area (Å²) in [5.41, 5.74) is 1.23. The number of carbonyl (C=O) groups is 1. The zero-order chi connectivity index (χ0) is 20.8. The Kier molecular flexibility index (Phi) is 4.92. The molecule has 158 valence electrons. The Morgan fingerprint density at radius 2 is 1.77 bits per heavy atom. The number of rotatable bonds is 6. The molecule has 1 saturated carbocycles. The first-order valence-electron chi connectivity index (χ1n) is 10.7. The molecule has 6 unspecified atom stereocenters. The molecule has 2 aromatic rings.